The average molecular weight is 1030 g/mol. The minimum absolute atomic E-state index is 0.220. The van der Waals surface area contributed by atoms with Gasteiger partial charge in [0.05, 0.1) is 38.6 Å². The Kier molecular flexibility index (Phi) is 33.3. The van der Waals surface area contributed by atoms with Crippen molar-refractivity contribution >= 4 is 5.91 Å². The average Bonchev–Trinajstić information content (AvgIpc) is 3.37. The van der Waals surface area contributed by atoms with Crippen molar-refractivity contribution in [1.82, 2.24) is 5.32 Å². The Balaban J connectivity index is 1.58. The molecule has 0 radical (unpaired) electrons. The first-order valence-electron chi connectivity index (χ1n) is 26.9. The fraction of sp³-hybridized carbons (Fsp3) is 0.830. The summed E-state index contributed by atoms with van der Waals surface area (Å²) >= 11 is 0. The predicted molar refractivity (Wildman–Crippen MR) is 268 cm³/mol. The number of aliphatic hydroxyl groups excluding tert-OH is 11. The van der Waals surface area contributed by atoms with Gasteiger partial charge in [-0.3, -0.25) is 4.79 Å². The molecule has 3 aliphatic rings. The summed E-state index contributed by atoms with van der Waals surface area (Å²) in [6.45, 7) is 1.60. The number of hydrogen-bond acceptors (Lipinski definition) is 18. The van der Waals surface area contributed by atoms with Crippen LogP contribution in [-0.2, 0) is 33.2 Å². The third-order valence-corrected chi connectivity index (χ3v) is 13.3. The summed E-state index contributed by atoms with van der Waals surface area (Å²) in [5, 5.41) is 120. The summed E-state index contributed by atoms with van der Waals surface area (Å²) in [5.41, 5.74) is 0. The van der Waals surface area contributed by atoms with Gasteiger partial charge in [0, 0.05) is 6.42 Å². The number of carbonyl (C=O) groups excluding carboxylic acids is 1. The van der Waals surface area contributed by atoms with E-state index in [1.165, 1.54) is 51.4 Å². The molecule has 418 valence electrons. The summed E-state index contributed by atoms with van der Waals surface area (Å²) in [4.78, 5) is 13.2. The number of amides is 1. The predicted octanol–water partition coefficient (Wildman–Crippen LogP) is 2.75. The van der Waals surface area contributed by atoms with Gasteiger partial charge >= 0.3 is 0 Å². The highest BCUT2D eigenvalue weighted by atomic mass is 16.8. The SMILES string of the molecule is CCCCC/C=C\CCCCCCCC(=O)NC(COC1OC(CO)C(OC2OC(CO)C(OC3OC(CO)C(O)C(O)C3O)C(O)C2O)C(O)C1O)C(O)/C=C/CC/C=C/CC/C=C/CCCCCCC. The van der Waals surface area contributed by atoms with Gasteiger partial charge in [0.2, 0.25) is 5.91 Å². The number of rotatable bonds is 37. The molecule has 3 fully saturated rings. The van der Waals surface area contributed by atoms with Gasteiger partial charge in [0.15, 0.2) is 18.9 Å². The maximum absolute atomic E-state index is 13.2. The molecule has 3 rings (SSSR count). The Morgan fingerprint density at radius 1 is 0.486 bits per heavy atom. The van der Waals surface area contributed by atoms with Gasteiger partial charge in [-0.25, -0.2) is 0 Å². The van der Waals surface area contributed by atoms with Crippen LogP contribution in [0.25, 0.3) is 0 Å². The lowest BCUT2D eigenvalue weighted by atomic mass is 9.96. The van der Waals surface area contributed by atoms with Crippen molar-refractivity contribution in [3.05, 3.63) is 48.6 Å². The summed E-state index contributed by atoms with van der Waals surface area (Å²) in [6.07, 6.45) is 11.1. The van der Waals surface area contributed by atoms with Crippen molar-refractivity contribution in [3.8, 4) is 0 Å². The summed E-state index contributed by atoms with van der Waals surface area (Å²) < 4.78 is 34.1. The molecule has 3 saturated heterocycles. The molecule has 3 aliphatic heterocycles. The van der Waals surface area contributed by atoms with E-state index in [1.807, 2.05) is 6.08 Å². The van der Waals surface area contributed by atoms with Crippen LogP contribution in [0.3, 0.4) is 0 Å². The molecule has 19 heteroatoms. The van der Waals surface area contributed by atoms with Gasteiger partial charge in [-0.1, -0.05) is 120 Å². The number of aliphatic hydroxyl groups is 11. The maximum atomic E-state index is 13.2. The second-order valence-electron chi connectivity index (χ2n) is 19.3. The standard InChI is InChI=1S/C53H93NO18/c1-3-5-7-9-11-13-15-17-18-19-20-22-24-26-28-30-37(58)36(54-41(59)31-29-27-25-23-21-16-14-12-10-8-6-4-2)35-67-51-47(65)44(62)49(39(33-56)69-51)72-53-48(66)45(63)50(40(34-57)70-53)71-52-46(64)43(61)42(60)38(32-55)68-52/h12,14-15,17,20,22,28,30,36-40,42-53,55-58,60-66H,3-11,13,16,18-19,21,23-27,29,31-35H2,1-2H3,(H,54,59)/b14-12-,17-15+,22-20+,30-28+. The van der Waals surface area contributed by atoms with E-state index < -0.39 is 124 Å². The molecule has 0 spiro atoms. The number of ether oxygens (including phenoxy) is 6. The van der Waals surface area contributed by atoms with Gasteiger partial charge in [0.25, 0.3) is 0 Å². The fourth-order valence-electron chi connectivity index (χ4n) is 8.80. The Morgan fingerprint density at radius 2 is 0.889 bits per heavy atom. The minimum atomic E-state index is -1.98. The molecule has 1 amide bonds. The zero-order valence-corrected chi connectivity index (χ0v) is 42.9. The monoisotopic (exact) mass is 1030 g/mol. The van der Waals surface area contributed by atoms with Crippen LogP contribution in [-0.4, -0.2) is 193 Å². The molecule has 72 heavy (non-hydrogen) atoms. The van der Waals surface area contributed by atoms with E-state index in [1.54, 1.807) is 6.08 Å². The number of unbranched alkanes of at least 4 members (excludes halogenated alkanes) is 15. The van der Waals surface area contributed by atoms with Crippen LogP contribution in [0.2, 0.25) is 0 Å². The van der Waals surface area contributed by atoms with Crippen LogP contribution < -0.4 is 5.32 Å². The summed E-state index contributed by atoms with van der Waals surface area (Å²) in [6, 6.07) is -0.998. The van der Waals surface area contributed by atoms with Crippen molar-refractivity contribution in [2.75, 3.05) is 26.4 Å². The quantitative estimate of drug-likeness (QED) is 0.0315. The van der Waals surface area contributed by atoms with Crippen molar-refractivity contribution in [2.45, 2.75) is 253 Å². The van der Waals surface area contributed by atoms with E-state index in [-0.39, 0.29) is 18.9 Å². The fourth-order valence-corrected chi connectivity index (χ4v) is 8.80. The third-order valence-electron chi connectivity index (χ3n) is 13.3. The molecular weight excluding hydrogens is 939 g/mol. The van der Waals surface area contributed by atoms with Gasteiger partial charge in [-0.15, -0.1) is 0 Å². The van der Waals surface area contributed by atoms with Crippen molar-refractivity contribution < 1.29 is 89.4 Å². The smallest absolute Gasteiger partial charge is 0.220 e. The maximum Gasteiger partial charge on any atom is 0.220 e. The first-order chi connectivity index (χ1) is 34.8. The van der Waals surface area contributed by atoms with Gasteiger partial charge < -0.3 is 89.9 Å². The Bertz CT molecular complexity index is 1520. The van der Waals surface area contributed by atoms with Crippen LogP contribution in [0.4, 0.5) is 0 Å². The van der Waals surface area contributed by atoms with Crippen molar-refractivity contribution in [1.29, 1.82) is 0 Å². The van der Waals surface area contributed by atoms with Crippen LogP contribution >= 0.6 is 0 Å². The van der Waals surface area contributed by atoms with E-state index in [2.05, 4.69) is 55.6 Å². The molecule has 3 heterocycles. The molecule has 0 aromatic rings. The van der Waals surface area contributed by atoms with Crippen LogP contribution in [0, 0.1) is 0 Å². The molecule has 0 bridgehead atoms. The van der Waals surface area contributed by atoms with Gasteiger partial charge in [-0.2, -0.15) is 0 Å². The van der Waals surface area contributed by atoms with E-state index in [9.17, 15) is 61.0 Å². The molecule has 0 saturated carbocycles. The van der Waals surface area contributed by atoms with E-state index in [0.717, 1.165) is 64.2 Å². The molecule has 0 aromatic carbocycles. The zero-order valence-electron chi connectivity index (χ0n) is 42.9. The van der Waals surface area contributed by atoms with Crippen molar-refractivity contribution in [3.63, 3.8) is 0 Å². The second kappa shape index (κ2) is 37.5. The number of nitrogens with one attached hydrogen (secondary N) is 1. The summed E-state index contributed by atoms with van der Waals surface area (Å²) in [7, 11) is 0. The van der Waals surface area contributed by atoms with Gasteiger partial charge in [0.1, 0.15) is 73.2 Å². The van der Waals surface area contributed by atoms with Crippen molar-refractivity contribution in [2.24, 2.45) is 0 Å². The topological polar surface area (TPSA) is 307 Å². The molecule has 19 nitrogen and oxygen atoms in total. The van der Waals surface area contributed by atoms with Gasteiger partial charge in [-0.05, 0) is 70.6 Å². The lowest BCUT2D eigenvalue weighted by molar-refractivity contribution is -0.379. The highest BCUT2D eigenvalue weighted by Crippen LogP contribution is 2.33. The molecule has 17 unspecified atom stereocenters. The highest BCUT2D eigenvalue weighted by molar-refractivity contribution is 5.76. The number of hydrogen-bond donors (Lipinski definition) is 12. The Hall–Kier alpha value is -2.25. The van der Waals surface area contributed by atoms with Crippen LogP contribution in [0.1, 0.15) is 149 Å². The third kappa shape index (κ3) is 22.5. The molecule has 12 N–H and O–H groups in total. The number of carbonyl (C=O) groups is 1. The van der Waals surface area contributed by atoms with Crippen LogP contribution in [0.5, 0.6) is 0 Å². The van der Waals surface area contributed by atoms with E-state index >= 15 is 0 Å². The summed E-state index contributed by atoms with van der Waals surface area (Å²) in [5.74, 6) is -0.304. The molecule has 0 aliphatic carbocycles. The largest absolute Gasteiger partial charge is 0.394 e. The van der Waals surface area contributed by atoms with E-state index in [0.29, 0.717) is 12.8 Å². The first-order valence-corrected chi connectivity index (χ1v) is 26.9. The molecular formula is C53H93NO18. The van der Waals surface area contributed by atoms with E-state index in [4.69, 9.17) is 28.4 Å². The van der Waals surface area contributed by atoms with Crippen LogP contribution in [0.15, 0.2) is 48.6 Å². The highest BCUT2D eigenvalue weighted by Gasteiger charge is 2.53. The molecule has 17 atom stereocenters. The lowest BCUT2D eigenvalue weighted by Crippen LogP contribution is -2.66. The zero-order chi connectivity index (χ0) is 52.7. The number of allylic oxidation sites excluding steroid dienone is 7. The lowest BCUT2D eigenvalue weighted by Gasteiger charge is -2.48. The Labute approximate surface area is 427 Å². The Morgan fingerprint density at radius 3 is 1.42 bits per heavy atom. The normalized spacial score (nSPS) is 32.4. The first kappa shape index (κ1) is 64.0. The molecule has 0 aromatic heterocycles. The second-order valence-corrected chi connectivity index (χ2v) is 19.3. The minimum Gasteiger partial charge on any atom is -0.394 e.